The summed E-state index contributed by atoms with van der Waals surface area (Å²) in [6.45, 7) is 3.76. The summed E-state index contributed by atoms with van der Waals surface area (Å²) in [5, 5.41) is 0. The van der Waals surface area contributed by atoms with Gasteiger partial charge in [-0.15, -0.1) is 0 Å². The molecule has 0 aromatic heterocycles. The molecule has 0 heterocycles. The molecule has 1 aliphatic rings. The average Bonchev–Trinajstić information content (AvgIpc) is 2.17. The summed E-state index contributed by atoms with van der Waals surface area (Å²) in [6.07, 6.45) is 1.81. The zero-order chi connectivity index (χ0) is 8.43. The fourth-order valence-electron chi connectivity index (χ4n) is 1.34. The maximum Gasteiger partial charge on any atom is 0.166 e. The van der Waals surface area contributed by atoms with Crippen LogP contribution in [0.4, 0.5) is 0 Å². The molecule has 0 fully saturated rings. The van der Waals surface area contributed by atoms with Crippen LogP contribution in [0.25, 0.3) is 0 Å². The van der Waals surface area contributed by atoms with E-state index in [0.29, 0.717) is 5.57 Å². The minimum absolute atomic E-state index is 0.0125. The minimum atomic E-state index is 0.0125. The topological polar surface area (TPSA) is 34.1 Å². The third-order valence-corrected chi connectivity index (χ3v) is 2.03. The average molecular weight is 152 g/mol. The van der Waals surface area contributed by atoms with E-state index in [2.05, 4.69) is 0 Å². The summed E-state index contributed by atoms with van der Waals surface area (Å²) in [5.74, 6) is 0.0489. The highest BCUT2D eigenvalue weighted by Gasteiger charge is 2.25. The number of Topliss-reactive ketones (excluding diaryl/α,β-unsaturated/α-hetero) is 2. The first-order valence-electron chi connectivity index (χ1n) is 3.93. The van der Waals surface area contributed by atoms with E-state index in [0.717, 1.165) is 18.4 Å². The van der Waals surface area contributed by atoms with Crippen molar-refractivity contribution in [1.82, 2.24) is 0 Å². The summed E-state index contributed by atoms with van der Waals surface area (Å²) < 4.78 is 0. The van der Waals surface area contributed by atoms with E-state index < -0.39 is 0 Å². The van der Waals surface area contributed by atoms with E-state index in [1.807, 2.05) is 6.92 Å². The number of rotatable bonds is 2. The predicted molar refractivity (Wildman–Crippen MR) is 42.2 cm³/mol. The Morgan fingerprint density at radius 1 is 1.27 bits per heavy atom. The van der Waals surface area contributed by atoms with E-state index in [4.69, 9.17) is 0 Å². The van der Waals surface area contributed by atoms with Crippen molar-refractivity contribution in [1.29, 1.82) is 0 Å². The van der Waals surface area contributed by atoms with E-state index in [1.54, 1.807) is 6.92 Å². The number of carbonyl (C=O) groups excluding carboxylic acids is 2. The van der Waals surface area contributed by atoms with Crippen LogP contribution in [0.15, 0.2) is 11.1 Å². The molecular formula is C9H12O2. The SMILES string of the molecule is CCCC1=C(C)C(=O)CC1=O. The Bertz CT molecular complexity index is 236. The van der Waals surface area contributed by atoms with Crippen LogP contribution in [-0.4, -0.2) is 11.6 Å². The molecule has 0 amide bonds. The number of carbonyl (C=O) groups is 2. The van der Waals surface area contributed by atoms with Crippen LogP contribution in [0.3, 0.4) is 0 Å². The molecule has 0 atom stereocenters. The second kappa shape index (κ2) is 2.99. The van der Waals surface area contributed by atoms with Crippen LogP contribution >= 0.6 is 0 Å². The second-order valence-electron chi connectivity index (χ2n) is 2.88. The van der Waals surface area contributed by atoms with E-state index in [-0.39, 0.29) is 18.0 Å². The van der Waals surface area contributed by atoms with E-state index >= 15 is 0 Å². The predicted octanol–water partition coefficient (Wildman–Crippen LogP) is 1.64. The molecule has 1 aliphatic carbocycles. The summed E-state index contributed by atoms with van der Waals surface area (Å²) in [6, 6.07) is 0. The molecular weight excluding hydrogens is 140 g/mol. The Morgan fingerprint density at radius 3 is 2.27 bits per heavy atom. The number of ketones is 2. The van der Waals surface area contributed by atoms with Gasteiger partial charge in [0, 0.05) is 5.57 Å². The van der Waals surface area contributed by atoms with Gasteiger partial charge < -0.3 is 0 Å². The molecule has 0 aliphatic heterocycles. The molecule has 0 saturated heterocycles. The standard InChI is InChI=1S/C9H12O2/c1-3-4-7-6(2)8(10)5-9(7)11/h3-5H2,1-2H3. The summed E-state index contributed by atoms with van der Waals surface area (Å²) in [7, 11) is 0. The van der Waals surface area contributed by atoms with Crippen molar-refractivity contribution >= 4 is 11.6 Å². The zero-order valence-corrected chi connectivity index (χ0v) is 6.94. The van der Waals surface area contributed by atoms with Crippen molar-refractivity contribution in [2.75, 3.05) is 0 Å². The molecule has 1 rings (SSSR count). The molecule has 0 bridgehead atoms. The first-order valence-corrected chi connectivity index (χ1v) is 3.93. The highest BCUT2D eigenvalue weighted by atomic mass is 16.2. The third kappa shape index (κ3) is 1.39. The molecule has 0 unspecified atom stereocenters. The van der Waals surface area contributed by atoms with Crippen molar-refractivity contribution in [3.63, 3.8) is 0 Å². The minimum Gasteiger partial charge on any atom is -0.294 e. The second-order valence-corrected chi connectivity index (χ2v) is 2.88. The number of allylic oxidation sites excluding steroid dienone is 2. The van der Waals surface area contributed by atoms with Gasteiger partial charge in [0.25, 0.3) is 0 Å². The molecule has 2 nitrogen and oxygen atoms in total. The number of hydrogen-bond donors (Lipinski definition) is 0. The van der Waals surface area contributed by atoms with Crippen molar-refractivity contribution in [2.45, 2.75) is 33.1 Å². The summed E-state index contributed by atoms with van der Waals surface area (Å²) in [4.78, 5) is 22.1. The van der Waals surface area contributed by atoms with Gasteiger partial charge in [-0.25, -0.2) is 0 Å². The van der Waals surface area contributed by atoms with Gasteiger partial charge in [0.05, 0.1) is 6.42 Å². The molecule has 0 aromatic carbocycles. The van der Waals surface area contributed by atoms with Gasteiger partial charge in [-0.1, -0.05) is 13.3 Å². The molecule has 11 heavy (non-hydrogen) atoms. The fourth-order valence-corrected chi connectivity index (χ4v) is 1.34. The Balaban J connectivity index is 2.87. The zero-order valence-electron chi connectivity index (χ0n) is 6.94. The van der Waals surface area contributed by atoms with Gasteiger partial charge in [-0.2, -0.15) is 0 Å². The molecule has 60 valence electrons. The lowest BCUT2D eigenvalue weighted by Crippen LogP contribution is -1.96. The Hall–Kier alpha value is -0.920. The molecule has 0 saturated carbocycles. The molecule has 0 spiro atoms. The van der Waals surface area contributed by atoms with Crippen molar-refractivity contribution in [3.05, 3.63) is 11.1 Å². The smallest absolute Gasteiger partial charge is 0.166 e. The van der Waals surface area contributed by atoms with E-state index in [1.165, 1.54) is 0 Å². The Kier molecular flexibility index (Phi) is 2.22. The summed E-state index contributed by atoms with van der Waals surface area (Å²) >= 11 is 0. The highest BCUT2D eigenvalue weighted by molar-refractivity contribution is 6.21. The molecule has 2 heteroatoms. The quantitative estimate of drug-likeness (QED) is 0.564. The van der Waals surface area contributed by atoms with Crippen LogP contribution in [0, 0.1) is 0 Å². The lowest BCUT2D eigenvalue weighted by atomic mass is 10.1. The van der Waals surface area contributed by atoms with Crippen molar-refractivity contribution in [3.8, 4) is 0 Å². The maximum absolute atomic E-state index is 11.1. The lowest BCUT2D eigenvalue weighted by molar-refractivity contribution is -0.121. The Morgan fingerprint density at radius 2 is 1.91 bits per heavy atom. The monoisotopic (exact) mass is 152 g/mol. The van der Waals surface area contributed by atoms with Crippen LogP contribution in [0.2, 0.25) is 0 Å². The first kappa shape index (κ1) is 8.18. The van der Waals surface area contributed by atoms with Gasteiger partial charge in [-0.05, 0) is 18.9 Å². The van der Waals surface area contributed by atoms with E-state index in [9.17, 15) is 9.59 Å². The van der Waals surface area contributed by atoms with Gasteiger partial charge in [0.15, 0.2) is 11.6 Å². The van der Waals surface area contributed by atoms with Crippen molar-refractivity contribution < 1.29 is 9.59 Å². The molecule has 0 aromatic rings. The number of hydrogen-bond acceptors (Lipinski definition) is 2. The van der Waals surface area contributed by atoms with Crippen LogP contribution in [0.1, 0.15) is 33.1 Å². The largest absolute Gasteiger partial charge is 0.294 e. The van der Waals surface area contributed by atoms with Gasteiger partial charge in [0.2, 0.25) is 0 Å². The summed E-state index contributed by atoms with van der Waals surface area (Å²) in [5.41, 5.74) is 1.45. The third-order valence-electron chi connectivity index (χ3n) is 2.03. The molecule has 0 radical (unpaired) electrons. The van der Waals surface area contributed by atoms with Crippen molar-refractivity contribution in [2.24, 2.45) is 0 Å². The van der Waals surface area contributed by atoms with Crippen LogP contribution in [-0.2, 0) is 9.59 Å². The maximum atomic E-state index is 11.1. The van der Waals surface area contributed by atoms with Gasteiger partial charge >= 0.3 is 0 Å². The normalized spacial score (nSPS) is 18.4. The Labute approximate surface area is 66.3 Å². The van der Waals surface area contributed by atoms with Gasteiger partial charge in [-0.3, -0.25) is 9.59 Å². The highest BCUT2D eigenvalue weighted by Crippen LogP contribution is 2.22. The molecule has 0 N–H and O–H groups in total. The fraction of sp³-hybridized carbons (Fsp3) is 0.556. The first-order chi connectivity index (χ1) is 5.16. The van der Waals surface area contributed by atoms with Crippen LogP contribution in [0.5, 0.6) is 0 Å². The van der Waals surface area contributed by atoms with Crippen LogP contribution < -0.4 is 0 Å². The lowest BCUT2D eigenvalue weighted by Gasteiger charge is -1.96. The van der Waals surface area contributed by atoms with Gasteiger partial charge in [0.1, 0.15) is 0 Å².